The molecule has 0 aromatic heterocycles. The minimum atomic E-state index is -0.306. The van der Waals surface area contributed by atoms with E-state index in [4.69, 9.17) is 9.47 Å². The Bertz CT molecular complexity index is 729. The highest BCUT2D eigenvalue weighted by Gasteiger charge is 2.30. The molecule has 0 radical (unpaired) electrons. The molecule has 0 saturated carbocycles. The van der Waals surface area contributed by atoms with Crippen LogP contribution in [0.25, 0.3) is 0 Å². The molecule has 1 atom stereocenters. The topological polar surface area (TPSA) is 71.1 Å². The molecule has 2 amide bonds. The lowest BCUT2D eigenvalue weighted by molar-refractivity contribution is -0.136. The maximum absolute atomic E-state index is 12.7. The molecule has 7 heteroatoms. The van der Waals surface area contributed by atoms with Gasteiger partial charge in [0.25, 0.3) is 0 Å². The molecule has 1 N–H and O–H groups in total. The summed E-state index contributed by atoms with van der Waals surface area (Å²) in [7, 11) is 1.68. The second kappa shape index (κ2) is 8.39. The summed E-state index contributed by atoms with van der Waals surface area (Å²) in [6.07, 6.45) is 2.04. The molecule has 0 bridgehead atoms. The van der Waals surface area contributed by atoms with Gasteiger partial charge in [-0.3, -0.25) is 14.5 Å². The molecule has 1 aromatic carbocycles. The third-order valence-electron chi connectivity index (χ3n) is 4.97. The van der Waals surface area contributed by atoms with Crippen LogP contribution in [0, 0.1) is 0 Å². The van der Waals surface area contributed by atoms with E-state index in [1.807, 2.05) is 32.9 Å². The largest absolute Gasteiger partial charge is 0.486 e. The zero-order valence-electron chi connectivity index (χ0n) is 17.3. The van der Waals surface area contributed by atoms with Crippen molar-refractivity contribution in [2.24, 2.45) is 0 Å². The number of nitrogens with one attached hydrogen (secondary N) is 1. The standard InChI is InChI=1S/C21H31N3O4/c1-21(2,3)22-19(25)13-23(4)20(26)14-24-9-5-6-16(24)15-7-8-17-18(12-15)28-11-10-27-17/h7-8,12,16H,5-6,9-11,13-14H2,1-4H3,(H,22,25)/t16-/m1/s1. The van der Waals surface area contributed by atoms with Crippen molar-refractivity contribution in [2.75, 3.05) is 39.9 Å². The van der Waals surface area contributed by atoms with Crippen LogP contribution in [-0.2, 0) is 9.59 Å². The molecule has 0 spiro atoms. The maximum Gasteiger partial charge on any atom is 0.240 e. The zero-order valence-corrected chi connectivity index (χ0v) is 17.3. The number of likely N-dealkylation sites (tertiary alicyclic amines) is 1. The van der Waals surface area contributed by atoms with Gasteiger partial charge >= 0.3 is 0 Å². The number of rotatable bonds is 5. The summed E-state index contributed by atoms with van der Waals surface area (Å²) in [5.74, 6) is 1.36. The normalized spacial score (nSPS) is 19.4. The molecule has 28 heavy (non-hydrogen) atoms. The molecule has 1 fully saturated rings. The molecule has 2 aliphatic rings. The fourth-order valence-corrected chi connectivity index (χ4v) is 3.72. The molecule has 7 nitrogen and oxygen atoms in total. The molecule has 2 aliphatic heterocycles. The summed E-state index contributed by atoms with van der Waals surface area (Å²) in [6.45, 7) is 8.15. The van der Waals surface area contributed by atoms with Crippen molar-refractivity contribution in [2.45, 2.75) is 45.2 Å². The Balaban J connectivity index is 1.60. The fourth-order valence-electron chi connectivity index (χ4n) is 3.72. The second-order valence-electron chi connectivity index (χ2n) is 8.58. The molecule has 1 saturated heterocycles. The van der Waals surface area contributed by atoms with E-state index < -0.39 is 0 Å². The van der Waals surface area contributed by atoms with Crippen LogP contribution in [0.5, 0.6) is 11.5 Å². The van der Waals surface area contributed by atoms with Crippen molar-refractivity contribution in [1.82, 2.24) is 15.1 Å². The van der Waals surface area contributed by atoms with Crippen LogP contribution in [0.4, 0.5) is 0 Å². The molecular formula is C21H31N3O4. The highest BCUT2D eigenvalue weighted by Crippen LogP contribution is 2.37. The number of hydrogen-bond acceptors (Lipinski definition) is 5. The second-order valence-corrected chi connectivity index (χ2v) is 8.58. The van der Waals surface area contributed by atoms with Gasteiger partial charge in [0.2, 0.25) is 11.8 Å². The third kappa shape index (κ3) is 5.16. The lowest BCUT2D eigenvalue weighted by atomic mass is 10.0. The molecule has 0 unspecified atom stereocenters. The van der Waals surface area contributed by atoms with E-state index >= 15 is 0 Å². The predicted molar refractivity (Wildman–Crippen MR) is 107 cm³/mol. The van der Waals surface area contributed by atoms with E-state index in [1.54, 1.807) is 7.05 Å². The van der Waals surface area contributed by atoms with Gasteiger partial charge in [-0.2, -0.15) is 0 Å². The summed E-state index contributed by atoms with van der Waals surface area (Å²) in [4.78, 5) is 28.4. The van der Waals surface area contributed by atoms with Gasteiger partial charge in [0.15, 0.2) is 11.5 Å². The van der Waals surface area contributed by atoms with Gasteiger partial charge in [0, 0.05) is 18.6 Å². The van der Waals surface area contributed by atoms with Gasteiger partial charge in [0.1, 0.15) is 13.2 Å². The first kappa shape index (κ1) is 20.5. The van der Waals surface area contributed by atoms with E-state index in [0.717, 1.165) is 36.4 Å². The van der Waals surface area contributed by atoms with Crippen LogP contribution < -0.4 is 14.8 Å². The van der Waals surface area contributed by atoms with E-state index in [-0.39, 0.29) is 29.9 Å². The van der Waals surface area contributed by atoms with Crippen molar-refractivity contribution in [3.63, 3.8) is 0 Å². The third-order valence-corrected chi connectivity index (χ3v) is 4.97. The number of likely N-dealkylation sites (N-methyl/N-ethyl adjacent to an activating group) is 1. The van der Waals surface area contributed by atoms with Gasteiger partial charge < -0.3 is 19.7 Å². The smallest absolute Gasteiger partial charge is 0.240 e. The monoisotopic (exact) mass is 389 g/mol. The number of carbonyl (C=O) groups is 2. The van der Waals surface area contributed by atoms with E-state index in [2.05, 4.69) is 16.3 Å². The highest BCUT2D eigenvalue weighted by molar-refractivity contribution is 5.85. The van der Waals surface area contributed by atoms with Crippen LogP contribution >= 0.6 is 0 Å². The number of benzene rings is 1. The van der Waals surface area contributed by atoms with Crippen molar-refractivity contribution in [3.8, 4) is 11.5 Å². The number of amides is 2. The van der Waals surface area contributed by atoms with Gasteiger partial charge in [-0.15, -0.1) is 0 Å². The SMILES string of the molecule is CN(CC(=O)NC(C)(C)C)C(=O)CN1CCC[C@@H]1c1ccc2c(c1)OCCO2. The van der Waals surface area contributed by atoms with Gasteiger partial charge in [-0.25, -0.2) is 0 Å². The van der Waals surface area contributed by atoms with Crippen LogP contribution in [0.3, 0.4) is 0 Å². The minimum Gasteiger partial charge on any atom is -0.486 e. The molecule has 1 aromatic rings. The predicted octanol–water partition coefficient (Wildman–Crippen LogP) is 1.97. The number of hydrogen-bond donors (Lipinski definition) is 1. The average molecular weight is 389 g/mol. The quantitative estimate of drug-likeness (QED) is 0.834. The molecule has 2 heterocycles. The number of ether oxygens (including phenoxy) is 2. The highest BCUT2D eigenvalue weighted by atomic mass is 16.6. The van der Waals surface area contributed by atoms with Crippen LogP contribution in [-0.4, -0.2) is 67.0 Å². The van der Waals surface area contributed by atoms with E-state index in [0.29, 0.717) is 19.8 Å². The molecule has 0 aliphatic carbocycles. The Kier molecular flexibility index (Phi) is 6.13. The van der Waals surface area contributed by atoms with Gasteiger partial charge in [-0.1, -0.05) is 6.07 Å². The van der Waals surface area contributed by atoms with Crippen LogP contribution in [0.1, 0.15) is 45.2 Å². The lowest BCUT2D eigenvalue weighted by Crippen LogP contribution is -2.47. The Morgan fingerprint density at radius 1 is 1.21 bits per heavy atom. The van der Waals surface area contributed by atoms with Gasteiger partial charge in [-0.05, 0) is 57.9 Å². The summed E-state index contributed by atoms with van der Waals surface area (Å²) >= 11 is 0. The number of fused-ring (bicyclic) bond motifs is 1. The summed E-state index contributed by atoms with van der Waals surface area (Å²) in [5, 5.41) is 2.89. The molecule has 154 valence electrons. The van der Waals surface area contributed by atoms with Crippen molar-refractivity contribution in [1.29, 1.82) is 0 Å². The zero-order chi connectivity index (χ0) is 20.3. The Labute approximate surface area is 167 Å². The Morgan fingerprint density at radius 2 is 1.93 bits per heavy atom. The molecular weight excluding hydrogens is 358 g/mol. The van der Waals surface area contributed by atoms with E-state index in [1.165, 1.54) is 4.90 Å². The number of carbonyl (C=O) groups excluding carboxylic acids is 2. The van der Waals surface area contributed by atoms with E-state index in [9.17, 15) is 9.59 Å². The first-order valence-corrected chi connectivity index (χ1v) is 9.91. The molecule has 3 rings (SSSR count). The van der Waals surface area contributed by atoms with Crippen LogP contribution in [0.15, 0.2) is 18.2 Å². The summed E-state index contributed by atoms with van der Waals surface area (Å²) in [5.41, 5.74) is 0.835. The van der Waals surface area contributed by atoms with Crippen molar-refractivity contribution in [3.05, 3.63) is 23.8 Å². The Hall–Kier alpha value is -2.28. The fraction of sp³-hybridized carbons (Fsp3) is 0.619. The van der Waals surface area contributed by atoms with Gasteiger partial charge in [0.05, 0.1) is 13.1 Å². The average Bonchev–Trinajstić information content (AvgIpc) is 3.07. The number of nitrogens with zero attached hydrogens (tertiary/aromatic N) is 2. The lowest BCUT2D eigenvalue weighted by Gasteiger charge is -2.28. The maximum atomic E-state index is 12.7. The Morgan fingerprint density at radius 3 is 2.64 bits per heavy atom. The van der Waals surface area contributed by atoms with Crippen LogP contribution in [0.2, 0.25) is 0 Å². The minimum absolute atomic E-state index is 0.0477. The summed E-state index contributed by atoms with van der Waals surface area (Å²) < 4.78 is 11.3. The first-order chi connectivity index (χ1) is 13.2. The first-order valence-electron chi connectivity index (χ1n) is 9.91. The van der Waals surface area contributed by atoms with Crippen molar-refractivity contribution >= 4 is 11.8 Å². The summed E-state index contributed by atoms with van der Waals surface area (Å²) in [6, 6.07) is 6.21. The van der Waals surface area contributed by atoms with Crippen molar-refractivity contribution < 1.29 is 19.1 Å².